The van der Waals surface area contributed by atoms with Gasteiger partial charge in [0.05, 0.1) is 11.4 Å². The number of primary amides is 1. The molecule has 0 heterocycles. The van der Waals surface area contributed by atoms with Crippen LogP contribution in [0.4, 0.5) is 0 Å². The number of nitrogens with two attached hydrogens (primary N) is 1. The fraction of sp³-hybridized carbons (Fsp3) is 0.467. The number of carbonyl (C=O) groups is 2. The van der Waals surface area contributed by atoms with Crippen LogP contribution in [0, 0.1) is 5.92 Å². The van der Waals surface area contributed by atoms with Crippen molar-refractivity contribution in [1.29, 1.82) is 0 Å². The van der Waals surface area contributed by atoms with E-state index in [1.165, 1.54) is 31.3 Å². The van der Waals surface area contributed by atoms with Gasteiger partial charge in [0.2, 0.25) is 15.9 Å². The molecule has 0 bridgehead atoms. The predicted molar refractivity (Wildman–Crippen MR) is 88.8 cm³/mol. The molecule has 0 atom stereocenters. The zero-order valence-electron chi connectivity index (χ0n) is 14.0. The number of amides is 2. The van der Waals surface area contributed by atoms with Crippen molar-refractivity contribution in [2.24, 2.45) is 11.7 Å². The number of nitrogens with one attached hydrogen (secondary N) is 1. The number of carbonyl (C=O) groups excluding carboxylic acids is 2. The zero-order chi connectivity index (χ0) is 18.3. The molecule has 1 rings (SSSR count). The number of benzene rings is 1. The van der Waals surface area contributed by atoms with Crippen LogP contribution in [-0.2, 0) is 19.6 Å². The Morgan fingerprint density at radius 1 is 1.25 bits per heavy atom. The average Bonchev–Trinajstić information content (AvgIpc) is 2.51. The number of hydrogen-bond acceptors (Lipinski definition) is 5. The van der Waals surface area contributed by atoms with E-state index < -0.39 is 15.9 Å². The lowest BCUT2D eigenvalue weighted by Gasteiger charge is -2.22. The molecule has 0 aliphatic carbocycles. The minimum Gasteiger partial charge on any atom is -0.484 e. The SMILES string of the molecule is CNC(=O)COc1ccc(S(=O)(=O)N(CC(N)=O)CC(C)C)cc1. The maximum Gasteiger partial charge on any atom is 0.257 e. The van der Waals surface area contributed by atoms with E-state index in [0.717, 1.165) is 4.31 Å². The largest absolute Gasteiger partial charge is 0.484 e. The molecule has 0 saturated heterocycles. The number of likely N-dealkylation sites (N-methyl/N-ethyl adjacent to an activating group) is 1. The van der Waals surface area contributed by atoms with Crippen LogP contribution in [0.15, 0.2) is 29.2 Å². The summed E-state index contributed by atoms with van der Waals surface area (Å²) in [7, 11) is -2.36. The van der Waals surface area contributed by atoms with E-state index >= 15 is 0 Å². The molecule has 2 amide bonds. The van der Waals surface area contributed by atoms with Gasteiger partial charge in [-0.05, 0) is 30.2 Å². The first kappa shape index (κ1) is 19.9. The third kappa shape index (κ3) is 5.82. The van der Waals surface area contributed by atoms with Gasteiger partial charge < -0.3 is 15.8 Å². The fourth-order valence-electron chi connectivity index (χ4n) is 1.91. The van der Waals surface area contributed by atoms with E-state index in [1.807, 2.05) is 13.8 Å². The molecular formula is C15H23N3O5S. The molecule has 9 heteroatoms. The van der Waals surface area contributed by atoms with Crippen LogP contribution in [0.25, 0.3) is 0 Å². The maximum atomic E-state index is 12.6. The lowest BCUT2D eigenvalue weighted by atomic mass is 10.2. The molecule has 0 aliphatic rings. The molecule has 0 radical (unpaired) electrons. The normalized spacial score (nSPS) is 11.5. The van der Waals surface area contributed by atoms with Crippen molar-refractivity contribution in [1.82, 2.24) is 9.62 Å². The van der Waals surface area contributed by atoms with Gasteiger partial charge in [0, 0.05) is 13.6 Å². The molecule has 1 aromatic carbocycles. The van der Waals surface area contributed by atoms with Crippen molar-refractivity contribution < 1.29 is 22.7 Å². The highest BCUT2D eigenvalue weighted by Gasteiger charge is 2.26. The van der Waals surface area contributed by atoms with Crippen LogP contribution < -0.4 is 15.8 Å². The first-order valence-electron chi connectivity index (χ1n) is 7.38. The lowest BCUT2D eigenvalue weighted by molar-refractivity contribution is -0.122. The van der Waals surface area contributed by atoms with E-state index in [9.17, 15) is 18.0 Å². The molecule has 1 aromatic rings. The number of ether oxygens (including phenoxy) is 1. The van der Waals surface area contributed by atoms with Gasteiger partial charge in [-0.15, -0.1) is 0 Å². The molecule has 0 aromatic heterocycles. The third-order valence-electron chi connectivity index (χ3n) is 3.01. The number of hydrogen-bond donors (Lipinski definition) is 2. The first-order chi connectivity index (χ1) is 11.2. The summed E-state index contributed by atoms with van der Waals surface area (Å²) < 4.78 is 31.6. The summed E-state index contributed by atoms with van der Waals surface area (Å²) in [5.41, 5.74) is 5.15. The van der Waals surface area contributed by atoms with Crippen LogP contribution in [0.2, 0.25) is 0 Å². The van der Waals surface area contributed by atoms with E-state index in [2.05, 4.69) is 5.32 Å². The highest BCUT2D eigenvalue weighted by atomic mass is 32.2. The molecule has 3 N–H and O–H groups in total. The Balaban J connectivity index is 2.95. The van der Waals surface area contributed by atoms with Gasteiger partial charge in [0.25, 0.3) is 5.91 Å². The van der Waals surface area contributed by atoms with Gasteiger partial charge in [0.1, 0.15) is 5.75 Å². The standard InChI is InChI=1S/C15H23N3O5S/c1-11(2)8-18(9-14(16)19)24(21,22)13-6-4-12(5-7-13)23-10-15(20)17-3/h4-7,11H,8-10H2,1-3H3,(H2,16,19)(H,17,20). The summed E-state index contributed by atoms with van der Waals surface area (Å²) in [5.74, 6) is -0.613. The number of sulfonamides is 1. The summed E-state index contributed by atoms with van der Waals surface area (Å²) in [4.78, 5) is 22.3. The highest BCUT2D eigenvalue weighted by Crippen LogP contribution is 2.20. The summed E-state index contributed by atoms with van der Waals surface area (Å²) in [6, 6.07) is 5.63. The van der Waals surface area contributed by atoms with E-state index in [-0.39, 0.29) is 36.4 Å². The Labute approximate surface area is 142 Å². The van der Waals surface area contributed by atoms with Gasteiger partial charge in [-0.3, -0.25) is 9.59 Å². The van der Waals surface area contributed by atoms with Crippen LogP contribution in [0.1, 0.15) is 13.8 Å². The second-order valence-corrected chi connectivity index (χ2v) is 7.53. The van der Waals surface area contributed by atoms with Crippen molar-refractivity contribution >= 4 is 21.8 Å². The quantitative estimate of drug-likeness (QED) is 0.642. The number of rotatable bonds is 9. The molecule has 0 unspecified atom stereocenters. The van der Waals surface area contributed by atoms with E-state index in [0.29, 0.717) is 5.75 Å². The first-order valence-corrected chi connectivity index (χ1v) is 8.82. The van der Waals surface area contributed by atoms with Gasteiger partial charge >= 0.3 is 0 Å². The Morgan fingerprint density at radius 3 is 2.29 bits per heavy atom. The fourth-order valence-corrected chi connectivity index (χ4v) is 3.48. The van der Waals surface area contributed by atoms with Crippen LogP contribution >= 0.6 is 0 Å². The predicted octanol–water partition coefficient (Wildman–Crippen LogP) is -0.0566. The average molecular weight is 357 g/mol. The van der Waals surface area contributed by atoms with Gasteiger partial charge in [-0.25, -0.2) is 8.42 Å². The second kappa shape index (κ2) is 8.65. The zero-order valence-corrected chi connectivity index (χ0v) is 14.8. The molecule has 0 aliphatic heterocycles. The van der Waals surface area contributed by atoms with Crippen LogP contribution in [0.5, 0.6) is 5.75 Å². The minimum atomic E-state index is -3.85. The monoisotopic (exact) mass is 357 g/mol. The van der Waals surface area contributed by atoms with E-state index in [4.69, 9.17) is 10.5 Å². The van der Waals surface area contributed by atoms with Gasteiger partial charge in [-0.2, -0.15) is 4.31 Å². The molecule has 0 fully saturated rings. The summed E-state index contributed by atoms with van der Waals surface area (Å²) >= 11 is 0. The highest BCUT2D eigenvalue weighted by molar-refractivity contribution is 7.89. The molecule has 24 heavy (non-hydrogen) atoms. The number of nitrogens with zero attached hydrogens (tertiary/aromatic N) is 1. The molecule has 8 nitrogen and oxygen atoms in total. The van der Waals surface area contributed by atoms with Crippen LogP contribution in [0.3, 0.4) is 0 Å². The van der Waals surface area contributed by atoms with Crippen molar-refractivity contribution in [2.45, 2.75) is 18.7 Å². The van der Waals surface area contributed by atoms with E-state index in [1.54, 1.807) is 0 Å². The maximum absolute atomic E-state index is 12.6. The Kier molecular flexibility index (Phi) is 7.18. The van der Waals surface area contributed by atoms with Gasteiger partial charge in [0.15, 0.2) is 6.61 Å². The third-order valence-corrected chi connectivity index (χ3v) is 4.84. The van der Waals surface area contributed by atoms with Crippen molar-refractivity contribution in [3.63, 3.8) is 0 Å². The Morgan fingerprint density at radius 2 is 1.83 bits per heavy atom. The molecule has 0 spiro atoms. The van der Waals surface area contributed by atoms with Crippen molar-refractivity contribution in [3.05, 3.63) is 24.3 Å². The summed E-state index contributed by atoms with van der Waals surface area (Å²) in [5, 5.41) is 2.41. The lowest BCUT2D eigenvalue weighted by Crippen LogP contribution is -2.40. The molecule has 0 saturated carbocycles. The molecule has 134 valence electrons. The minimum absolute atomic E-state index is 0.0247. The van der Waals surface area contributed by atoms with Gasteiger partial charge in [-0.1, -0.05) is 13.8 Å². The second-order valence-electron chi connectivity index (χ2n) is 5.59. The smallest absolute Gasteiger partial charge is 0.257 e. The Hall–Kier alpha value is -2.13. The summed E-state index contributed by atoms with van der Waals surface area (Å²) in [6.45, 7) is 3.33. The summed E-state index contributed by atoms with van der Waals surface area (Å²) in [6.07, 6.45) is 0. The van der Waals surface area contributed by atoms with Crippen LogP contribution in [-0.4, -0.2) is 51.3 Å². The Bertz CT molecular complexity index is 671. The van der Waals surface area contributed by atoms with Crippen molar-refractivity contribution in [2.75, 3.05) is 26.7 Å². The molecular weight excluding hydrogens is 334 g/mol. The topological polar surface area (TPSA) is 119 Å². The van der Waals surface area contributed by atoms with Crippen molar-refractivity contribution in [3.8, 4) is 5.75 Å².